The molecule has 6 atom stereocenters. The van der Waals surface area contributed by atoms with E-state index in [1.807, 2.05) is 0 Å². The normalized spacial score (nSPS) is 14.0. The van der Waals surface area contributed by atoms with Gasteiger partial charge in [0.25, 0.3) is 0 Å². The molecule has 104 heavy (non-hydrogen) atoms. The van der Waals surface area contributed by atoms with Gasteiger partial charge in [-0.3, -0.25) is 37.3 Å². The third-order valence-electron chi connectivity index (χ3n) is 20.4. The van der Waals surface area contributed by atoms with Gasteiger partial charge in [0.05, 0.1) is 26.4 Å². The van der Waals surface area contributed by atoms with E-state index >= 15 is 0 Å². The van der Waals surface area contributed by atoms with Crippen LogP contribution in [-0.2, 0) is 65.4 Å². The third-order valence-corrected chi connectivity index (χ3v) is 22.3. The Balaban J connectivity index is 5.23. The SMILES string of the molecule is CCCCCCCCCCCCCCCCCC(=O)OC[C@H](COP(=O)(O)OC[C@@H](O)COP(=O)(O)OC[C@@H](COC(=O)CCCCCCCCCCCCCCC)OC(=O)CCCCCCCCCCCCCCCC)OC(=O)CCCCCCCCCCCCCCCCCCCCC(C)CC. The molecule has 0 spiro atoms. The van der Waals surface area contributed by atoms with Gasteiger partial charge >= 0.3 is 39.5 Å². The van der Waals surface area contributed by atoms with Crippen LogP contribution in [0.3, 0.4) is 0 Å². The van der Waals surface area contributed by atoms with Crippen LogP contribution in [0.2, 0.25) is 0 Å². The van der Waals surface area contributed by atoms with Gasteiger partial charge in [-0.2, -0.15) is 0 Å². The number of carbonyl (C=O) groups is 4. The summed E-state index contributed by atoms with van der Waals surface area (Å²) in [5.41, 5.74) is 0. The first kappa shape index (κ1) is 102. The van der Waals surface area contributed by atoms with Gasteiger partial charge in [-0.25, -0.2) is 9.13 Å². The maximum atomic E-state index is 13.1. The second kappa shape index (κ2) is 77.8. The first-order valence-corrected chi connectivity index (χ1v) is 47.2. The molecular weight excluding hydrogens is 1350 g/mol. The summed E-state index contributed by atoms with van der Waals surface area (Å²) in [5, 5.41) is 10.7. The molecule has 0 fully saturated rings. The Morgan fingerprint density at radius 2 is 0.462 bits per heavy atom. The van der Waals surface area contributed by atoms with Crippen LogP contribution in [0.4, 0.5) is 0 Å². The molecule has 0 aromatic rings. The van der Waals surface area contributed by atoms with Crippen molar-refractivity contribution in [2.24, 2.45) is 5.92 Å². The van der Waals surface area contributed by atoms with Crippen LogP contribution >= 0.6 is 15.6 Å². The van der Waals surface area contributed by atoms with Crippen LogP contribution in [-0.4, -0.2) is 96.7 Å². The molecule has 3 unspecified atom stereocenters. The summed E-state index contributed by atoms with van der Waals surface area (Å²) in [7, 11) is -9.92. The molecular formula is C85H166O17P2. The lowest BCUT2D eigenvalue weighted by Gasteiger charge is -2.21. The molecule has 618 valence electrons. The van der Waals surface area contributed by atoms with Gasteiger partial charge < -0.3 is 33.8 Å². The van der Waals surface area contributed by atoms with Crippen LogP contribution in [0.1, 0.15) is 458 Å². The fourth-order valence-corrected chi connectivity index (χ4v) is 14.8. The maximum Gasteiger partial charge on any atom is 0.472 e. The van der Waals surface area contributed by atoms with Gasteiger partial charge in [0, 0.05) is 25.7 Å². The van der Waals surface area contributed by atoms with Gasteiger partial charge in [-0.1, -0.05) is 407 Å². The second-order valence-electron chi connectivity index (χ2n) is 30.8. The number of unbranched alkanes of at least 4 members (excludes halogenated alkanes) is 56. The summed E-state index contributed by atoms with van der Waals surface area (Å²) in [4.78, 5) is 73.2. The predicted octanol–water partition coefficient (Wildman–Crippen LogP) is 26.0. The van der Waals surface area contributed by atoms with Crippen molar-refractivity contribution in [3.63, 3.8) is 0 Å². The number of carbonyl (C=O) groups excluding carboxylic acids is 4. The summed E-state index contributed by atoms with van der Waals surface area (Å²) >= 11 is 0. The zero-order valence-electron chi connectivity index (χ0n) is 68.2. The Hall–Kier alpha value is -1.94. The Morgan fingerprint density at radius 3 is 0.683 bits per heavy atom. The Labute approximate surface area is 638 Å². The monoisotopic (exact) mass is 1520 g/mol. The second-order valence-corrected chi connectivity index (χ2v) is 33.7. The molecule has 0 aromatic carbocycles. The van der Waals surface area contributed by atoms with E-state index in [0.717, 1.165) is 95.8 Å². The molecule has 0 heterocycles. The fraction of sp³-hybridized carbons (Fsp3) is 0.953. The van der Waals surface area contributed by atoms with E-state index in [9.17, 15) is 43.2 Å². The van der Waals surface area contributed by atoms with Crippen molar-refractivity contribution in [3.8, 4) is 0 Å². The predicted molar refractivity (Wildman–Crippen MR) is 428 cm³/mol. The van der Waals surface area contributed by atoms with Crippen molar-refractivity contribution < 1.29 is 80.2 Å². The lowest BCUT2D eigenvalue weighted by molar-refractivity contribution is -0.161. The minimum absolute atomic E-state index is 0.109. The number of phosphoric ester groups is 2. The summed E-state index contributed by atoms with van der Waals surface area (Å²) < 4.78 is 68.9. The topological polar surface area (TPSA) is 237 Å². The van der Waals surface area contributed by atoms with Crippen LogP contribution in [0, 0.1) is 5.92 Å². The summed E-state index contributed by atoms with van der Waals surface area (Å²) in [6.07, 6.45) is 70.6. The minimum Gasteiger partial charge on any atom is -0.462 e. The number of hydrogen-bond donors (Lipinski definition) is 3. The van der Waals surface area contributed by atoms with Crippen molar-refractivity contribution >= 4 is 39.5 Å². The van der Waals surface area contributed by atoms with Crippen molar-refractivity contribution in [2.75, 3.05) is 39.6 Å². The first-order valence-electron chi connectivity index (χ1n) is 44.2. The van der Waals surface area contributed by atoms with E-state index in [-0.39, 0.29) is 25.7 Å². The molecule has 0 bridgehead atoms. The van der Waals surface area contributed by atoms with Crippen LogP contribution in [0.25, 0.3) is 0 Å². The molecule has 17 nitrogen and oxygen atoms in total. The van der Waals surface area contributed by atoms with E-state index in [1.165, 1.54) is 283 Å². The van der Waals surface area contributed by atoms with E-state index in [4.69, 9.17) is 37.0 Å². The van der Waals surface area contributed by atoms with Crippen molar-refractivity contribution in [1.82, 2.24) is 0 Å². The molecule has 0 saturated carbocycles. The van der Waals surface area contributed by atoms with E-state index in [0.29, 0.717) is 25.7 Å². The maximum absolute atomic E-state index is 13.1. The standard InChI is InChI=1S/C85H166O17P2/c1-6-10-13-16-19-22-25-28-34-40-44-49-54-59-64-69-83(88)96-75-81(102-85(90)71-66-61-56-51-46-41-36-33-31-30-32-35-38-42-47-52-57-62-67-78(5)9-4)77-100-104(93,94)98-73-79(86)72-97-103(91,92)99-76-80(74-95-82(87)68-63-58-53-48-43-37-27-24-21-18-15-12-8-3)101-84(89)70-65-60-55-50-45-39-29-26-23-20-17-14-11-7-2/h78-81,86H,6-77H2,1-5H3,(H,91,92)(H,93,94)/t78?,79-,80+,81+/m0/s1. The number of aliphatic hydroxyl groups excluding tert-OH is 1. The van der Waals surface area contributed by atoms with Crippen LogP contribution in [0.15, 0.2) is 0 Å². The average molecular weight is 1520 g/mol. The Bertz CT molecular complexity index is 1980. The van der Waals surface area contributed by atoms with E-state index < -0.39 is 97.5 Å². The highest BCUT2D eigenvalue weighted by atomic mass is 31.2. The van der Waals surface area contributed by atoms with Gasteiger partial charge in [0.1, 0.15) is 19.3 Å². The lowest BCUT2D eigenvalue weighted by Crippen LogP contribution is -2.30. The molecule has 0 aromatic heterocycles. The number of ether oxygens (including phenoxy) is 4. The van der Waals surface area contributed by atoms with Crippen molar-refractivity contribution in [3.05, 3.63) is 0 Å². The van der Waals surface area contributed by atoms with E-state index in [1.54, 1.807) is 0 Å². The third kappa shape index (κ3) is 76.8. The summed E-state index contributed by atoms with van der Waals surface area (Å²) in [6.45, 7) is 7.43. The van der Waals surface area contributed by atoms with Crippen molar-refractivity contribution in [2.45, 2.75) is 477 Å². The molecule has 3 N–H and O–H groups in total. The largest absolute Gasteiger partial charge is 0.472 e. The molecule has 0 radical (unpaired) electrons. The molecule has 0 rings (SSSR count). The summed E-state index contributed by atoms with van der Waals surface area (Å²) in [5.74, 6) is -1.23. The van der Waals surface area contributed by atoms with Crippen molar-refractivity contribution in [1.29, 1.82) is 0 Å². The highest BCUT2D eigenvalue weighted by Gasteiger charge is 2.30. The highest BCUT2D eigenvalue weighted by molar-refractivity contribution is 7.47. The molecule has 0 saturated heterocycles. The fourth-order valence-electron chi connectivity index (χ4n) is 13.3. The number of rotatable bonds is 85. The van der Waals surface area contributed by atoms with Gasteiger partial charge in [0.15, 0.2) is 12.2 Å². The molecule has 19 heteroatoms. The van der Waals surface area contributed by atoms with Crippen LogP contribution in [0.5, 0.6) is 0 Å². The minimum atomic E-state index is -4.96. The van der Waals surface area contributed by atoms with Crippen LogP contribution < -0.4 is 0 Å². The zero-order chi connectivity index (χ0) is 76.2. The zero-order valence-corrected chi connectivity index (χ0v) is 70.0. The number of aliphatic hydroxyl groups is 1. The Kier molecular flexibility index (Phi) is 76.3. The molecule has 0 aliphatic heterocycles. The van der Waals surface area contributed by atoms with Gasteiger partial charge in [-0.05, 0) is 31.6 Å². The molecule has 0 aliphatic rings. The number of hydrogen-bond acceptors (Lipinski definition) is 15. The smallest absolute Gasteiger partial charge is 0.462 e. The first-order chi connectivity index (χ1) is 50.6. The quantitative estimate of drug-likeness (QED) is 0.0222. The lowest BCUT2D eigenvalue weighted by atomic mass is 9.99. The van der Waals surface area contributed by atoms with E-state index in [2.05, 4.69) is 34.6 Å². The Morgan fingerprint density at radius 1 is 0.269 bits per heavy atom. The average Bonchev–Trinajstić information content (AvgIpc) is 0.909. The van der Waals surface area contributed by atoms with Gasteiger partial charge in [-0.15, -0.1) is 0 Å². The molecule has 0 aliphatic carbocycles. The highest BCUT2D eigenvalue weighted by Crippen LogP contribution is 2.45. The number of esters is 4. The summed E-state index contributed by atoms with van der Waals surface area (Å²) in [6, 6.07) is 0. The molecule has 0 amide bonds. The number of phosphoric acid groups is 2. The van der Waals surface area contributed by atoms with Gasteiger partial charge in [0.2, 0.25) is 0 Å².